The number of carbonyl (C=O) groups is 2. The molecule has 6 rings (SSSR count). The smallest absolute Gasteiger partial charge is 0.239 e. The molecule has 298 valence electrons. The summed E-state index contributed by atoms with van der Waals surface area (Å²) in [7, 11) is 1.53. The number of hydrogen-bond donors (Lipinski definition) is 3. The van der Waals surface area contributed by atoms with Crippen molar-refractivity contribution in [2.45, 2.75) is 75.5 Å². The summed E-state index contributed by atoms with van der Waals surface area (Å²) in [6.07, 6.45) is 11.3. The van der Waals surface area contributed by atoms with Gasteiger partial charge in [0.25, 0.3) is 0 Å². The highest BCUT2D eigenvalue weighted by molar-refractivity contribution is 6.03. The molecule has 2 aromatic rings. The van der Waals surface area contributed by atoms with Crippen molar-refractivity contribution in [3.8, 4) is 17.2 Å². The van der Waals surface area contributed by atoms with E-state index in [1.54, 1.807) is 24.3 Å². The molecule has 4 aliphatic rings. The second kappa shape index (κ2) is 19.2. The first kappa shape index (κ1) is 40.6. The zero-order valence-electron chi connectivity index (χ0n) is 31.9. The number of nitrogens with zero attached hydrogens (tertiary/aromatic N) is 2. The fraction of sp³-hybridized carbons (Fsp3) is 0.558. The van der Waals surface area contributed by atoms with E-state index >= 15 is 0 Å². The van der Waals surface area contributed by atoms with Crippen LogP contribution in [0.4, 0.5) is 0 Å². The van der Waals surface area contributed by atoms with Gasteiger partial charge in [-0.25, -0.2) is 0 Å². The lowest BCUT2D eigenvalue weighted by Gasteiger charge is -2.60. The van der Waals surface area contributed by atoms with Crippen LogP contribution in [0.2, 0.25) is 0 Å². The van der Waals surface area contributed by atoms with Gasteiger partial charge in [-0.05, 0) is 86.3 Å². The first-order valence-corrected chi connectivity index (χ1v) is 19.8. The van der Waals surface area contributed by atoms with Gasteiger partial charge < -0.3 is 44.0 Å². The molecule has 0 saturated heterocycles. The predicted molar refractivity (Wildman–Crippen MR) is 206 cm³/mol. The van der Waals surface area contributed by atoms with Crippen molar-refractivity contribution in [1.29, 1.82) is 0 Å². The molecular weight excluding hydrogens is 704 g/mol. The van der Waals surface area contributed by atoms with Crippen molar-refractivity contribution < 1.29 is 48.7 Å². The zero-order chi connectivity index (χ0) is 38.8. The van der Waals surface area contributed by atoms with Crippen molar-refractivity contribution in [1.82, 2.24) is 4.90 Å². The molecule has 0 aromatic heterocycles. The molecule has 1 amide bonds. The monoisotopic (exact) mass is 760 g/mol. The van der Waals surface area contributed by atoms with E-state index in [1.807, 2.05) is 29.2 Å². The average molecular weight is 761 g/mol. The highest BCUT2D eigenvalue weighted by Crippen LogP contribution is 2.62. The molecule has 6 atom stereocenters. The van der Waals surface area contributed by atoms with E-state index in [4.69, 9.17) is 23.8 Å². The van der Waals surface area contributed by atoms with E-state index in [9.17, 15) is 24.9 Å². The first-order chi connectivity index (χ1) is 26.9. The molecule has 0 unspecified atom stereocenters. The van der Waals surface area contributed by atoms with Crippen LogP contribution in [0.1, 0.15) is 79.6 Å². The molecule has 0 radical (unpaired) electrons. The highest BCUT2D eigenvalue weighted by Gasteiger charge is 2.65. The van der Waals surface area contributed by atoms with Crippen molar-refractivity contribution >= 4 is 17.9 Å². The largest absolute Gasteiger partial charge is 0.459 e. The van der Waals surface area contributed by atoms with E-state index < -0.39 is 17.7 Å². The van der Waals surface area contributed by atoms with Crippen molar-refractivity contribution in [3.05, 3.63) is 77.9 Å². The number of oxime groups is 1. The number of allylic oxidation sites excluding steroid dienone is 1. The molecule has 3 N–H and O–H groups in total. The molecule has 2 aromatic carbocycles. The Labute approximate surface area is 323 Å². The maximum absolute atomic E-state index is 14.3. The highest BCUT2D eigenvalue weighted by atomic mass is 16.7. The fourth-order valence-electron chi connectivity index (χ4n) is 8.92. The standard InChI is InChI=1S/C43H56N2O10/c1-3-21-53-43-39(45(17-22-52-23-20-48)42(50)30-13-14-30)27-37(44-51-2)35-25-31(10-4-6-18-46)34(12-5-7-19-47)40(41(35)43)36-26-33(15-16-38(36)55-43)54-32-11-8-9-29(24-32)28-49/h3,8-9,11,15-16,24-26,28,30-31,34,39-41,46-48H,1,4-7,10,12-14,17-23,27H2,2H3/t31-,34+,39-,40+,41+,43+/m0/s1. The molecule has 2 saturated carbocycles. The Hall–Kier alpha value is -4.07. The van der Waals surface area contributed by atoms with Gasteiger partial charge in [-0.15, -0.1) is 6.58 Å². The molecule has 12 heteroatoms. The minimum Gasteiger partial charge on any atom is -0.459 e. The summed E-state index contributed by atoms with van der Waals surface area (Å²) < 4.78 is 26.4. The first-order valence-electron chi connectivity index (χ1n) is 19.8. The van der Waals surface area contributed by atoms with Crippen LogP contribution in [-0.4, -0.2) is 103 Å². The van der Waals surface area contributed by atoms with Gasteiger partial charge in [-0.1, -0.05) is 42.3 Å². The Bertz CT molecular complexity index is 1690. The minimum atomic E-state index is -1.36. The maximum Gasteiger partial charge on any atom is 0.239 e. The van der Waals surface area contributed by atoms with Gasteiger partial charge in [0.05, 0.1) is 38.1 Å². The van der Waals surface area contributed by atoms with Crippen LogP contribution in [0.3, 0.4) is 0 Å². The van der Waals surface area contributed by atoms with Gasteiger partial charge in [0.15, 0.2) is 0 Å². The number of carbonyl (C=O) groups excluding carboxylic acids is 2. The van der Waals surface area contributed by atoms with Gasteiger partial charge in [0.1, 0.15) is 36.7 Å². The number of ether oxygens (including phenoxy) is 4. The normalized spacial score (nSPS) is 25.9. The van der Waals surface area contributed by atoms with E-state index in [0.717, 1.165) is 61.7 Å². The van der Waals surface area contributed by atoms with E-state index in [-0.39, 0.29) is 75.8 Å². The van der Waals surface area contributed by atoms with Gasteiger partial charge in [0.2, 0.25) is 11.7 Å². The van der Waals surface area contributed by atoms with Crippen molar-refractivity contribution in [2.24, 2.45) is 28.8 Å². The Balaban J connectivity index is 1.55. The molecule has 55 heavy (non-hydrogen) atoms. The second-order valence-electron chi connectivity index (χ2n) is 14.9. The summed E-state index contributed by atoms with van der Waals surface area (Å²) >= 11 is 0. The number of aldehydes is 1. The van der Waals surface area contributed by atoms with Crippen LogP contribution in [0.15, 0.2) is 71.9 Å². The topological polar surface area (TPSA) is 157 Å². The Morgan fingerprint density at radius 1 is 1.02 bits per heavy atom. The van der Waals surface area contributed by atoms with Crippen molar-refractivity contribution in [2.75, 3.05) is 53.3 Å². The van der Waals surface area contributed by atoms with Crippen LogP contribution < -0.4 is 9.47 Å². The van der Waals surface area contributed by atoms with E-state index in [1.165, 1.54) is 7.11 Å². The zero-order valence-corrected chi connectivity index (χ0v) is 31.9. The summed E-state index contributed by atoms with van der Waals surface area (Å²) in [5.74, 6) is -0.228. The molecule has 12 nitrogen and oxygen atoms in total. The van der Waals surface area contributed by atoms with Crippen LogP contribution in [0, 0.1) is 23.7 Å². The number of fused-ring (bicyclic) bond motifs is 2. The number of aliphatic hydroxyl groups excluding tert-OH is 3. The van der Waals surface area contributed by atoms with Gasteiger partial charge in [0, 0.05) is 49.1 Å². The number of rotatable bonds is 22. The minimum absolute atomic E-state index is 0.00723. The summed E-state index contributed by atoms with van der Waals surface area (Å²) in [5, 5.41) is 33.7. The van der Waals surface area contributed by atoms with E-state index in [2.05, 4.69) is 17.8 Å². The van der Waals surface area contributed by atoms with Gasteiger partial charge >= 0.3 is 0 Å². The quantitative estimate of drug-likeness (QED) is 0.0580. The molecule has 1 aliphatic heterocycles. The van der Waals surface area contributed by atoms with Gasteiger partial charge in [-0.2, -0.15) is 0 Å². The van der Waals surface area contributed by atoms with Crippen LogP contribution >= 0.6 is 0 Å². The lowest BCUT2D eigenvalue weighted by atomic mass is 9.55. The van der Waals surface area contributed by atoms with Crippen LogP contribution in [0.25, 0.3) is 0 Å². The molecule has 3 aliphatic carbocycles. The summed E-state index contributed by atoms with van der Waals surface area (Å²) in [5.41, 5.74) is 3.11. The number of hydrogen-bond acceptors (Lipinski definition) is 11. The third kappa shape index (κ3) is 8.99. The molecule has 0 bridgehead atoms. The summed E-state index contributed by atoms with van der Waals surface area (Å²) in [4.78, 5) is 33.3. The second-order valence-corrected chi connectivity index (χ2v) is 14.9. The molecule has 2 fully saturated rings. The third-order valence-electron chi connectivity index (χ3n) is 11.4. The molecule has 0 spiro atoms. The average Bonchev–Trinajstić information content (AvgIpc) is 4.05. The Morgan fingerprint density at radius 3 is 2.51 bits per heavy atom. The number of unbranched alkanes of at least 4 members (excludes halogenated alkanes) is 2. The SMILES string of the molecule is C=CCO[C@@]12Oc3ccc(Oc4cccc(C=O)c4)cc3[C@H]3[C@H](CCCCO)[C@@H](CCCCO)C=C(C(=NOC)C[C@@H]1N(CCOCCO)C(=O)C1CC1)[C@H]32. The van der Waals surface area contributed by atoms with Crippen molar-refractivity contribution in [3.63, 3.8) is 0 Å². The maximum atomic E-state index is 14.3. The lowest BCUT2D eigenvalue weighted by Crippen LogP contribution is -2.70. The van der Waals surface area contributed by atoms with Crippen LogP contribution in [-0.2, 0) is 19.1 Å². The molecular formula is C43H56N2O10. The molecule has 1 heterocycles. The van der Waals surface area contributed by atoms with E-state index in [0.29, 0.717) is 42.1 Å². The number of benzene rings is 2. The lowest BCUT2D eigenvalue weighted by molar-refractivity contribution is -0.258. The Morgan fingerprint density at radius 2 is 1.80 bits per heavy atom. The number of aliphatic hydroxyl groups is 3. The summed E-state index contributed by atoms with van der Waals surface area (Å²) in [6.45, 7) is 4.87. The number of amides is 1. The summed E-state index contributed by atoms with van der Waals surface area (Å²) in [6, 6.07) is 12.1. The van der Waals surface area contributed by atoms with Crippen LogP contribution in [0.5, 0.6) is 17.2 Å². The fourth-order valence-corrected chi connectivity index (χ4v) is 8.92. The predicted octanol–water partition coefficient (Wildman–Crippen LogP) is 5.80. The third-order valence-corrected chi connectivity index (χ3v) is 11.4. The Kier molecular flexibility index (Phi) is 14.2. The van der Waals surface area contributed by atoms with Gasteiger partial charge in [-0.3, -0.25) is 9.59 Å².